The number of hydrogen-bond donors (Lipinski definition) is 0. The van der Waals surface area contributed by atoms with E-state index in [1.807, 2.05) is 0 Å². The van der Waals surface area contributed by atoms with Crippen LogP contribution >= 0.6 is 0 Å². The molecule has 1 heterocycles. The Morgan fingerprint density at radius 2 is 1.94 bits per heavy atom. The fourth-order valence-electron chi connectivity index (χ4n) is 1.02. The van der Waals surface area contributed by atoms with Gasteiger partial charge in [0.05, 0.1) is 6.20 Å². The highest BCUT2D eigenvalue weighted by molar-refractivity contribution is 5.88. The van der Waals surface area contributed by atoms with E-state index in [-0.39, 0.29) is 5.56 Å². The van der Waals surface area contributed by atoms with Gasteiger partial charge < -0.3 is 0 Å². The van der Waals surface area contributed by atoms with Gasteiger partial charge in [-0.05, 0) is 5.56 Å². The largest absolute Gasteiger partial charge is 0.461 e. The molecule has 0 spiro atoms. The zero-order valence-electron chi connectivity index (χ0n) is 8.05. The van der Waals surface area contributed by atoms with E-state index in [1.54, 1.807) is 0 Å². The van der Waals surface area contributed by atoms with E-state index in [1.165, 1.54) is 17.9 Å². The Balaban J connectivity index is 2.80. The number of halogens is 5. The van der Waals surface area contributed by atoms with Crippen LogP contribution in [0.15, 0.2) is 12.4 Å². The number of ketones is 1. The minimum atomic E-state index is -5.85. The predicted molar refractivity (Wildman–Crippen MR) is 42.9 cm³/mol. The van der Waals surface area contributed by atoms with Crippen molar-refractivity contribution in [1.82, 2.24) is 9.78 Å². The lowest BCUT2D eigenvalue weighted by molar-refractivity contribution is -0.268. The molecule has 0 amide bonds. The highest BCUT2D eigenvalue weighted by atomic mass is 19.4. The number of rotatable bonds is 3. The number of carbonyl (C=O) groups excluding carboxylic acids is 1. The van der Waals surface area contributed by atoms with Gasteiger partial charge in [0, 0.05) is 19.7 Å². The minimum absolute atomic E-state index is 0.0106. The molecule has 0 radical (unpaired) electrons. The first-order chi connectivity index (χ1) is 7.14. The summed E-state index contributed by atoms with van der Waals surface area (Å²) in [5.41, 5.74) is 0.0106. The number of carbonyl (C=O) groups is 1. The van der Waals surface area contributed by atoms with Gasteiger partial charge in [0.1, 0.15) is 0 Å². The maximum Gasteiger partial charge on any atom is 0.461 e. The van der Waals surface area contributed by atoms with Crippen molar-refractivity contribution in [2.24, 2.45) is 7.05 Å². The third-order valence-electron chi connectivity index (χ3n) is 1.83. The van der Waals surface area contributed by atoms with Crippen LogP contribution in [0.3, 0.4) is 0 Å². The summed E-state index contributed by atoms with van der Waals surface area (Å²) in [7, 11) is 1.45. The van der Waals surface area contributed by atoms with Crippen molar-refractivity contribution in [2.45, 2.75) is 18.5 Å². The van der Waals surface area contributed by atoms with Crippen LogP contribution in [0.1, 0.15) is 5.56 Å². The summed E-state index contributed by atoms with van der Waals surface area (Å²) in [6.07, 6.45) is -4.60. The Morgan fingerprint density at radius 3 is 2.31 bits per heavy atom. The summed E-state index contributed by atoms with van der Waals surface area (Å²) in [4.78, 5) is 10.8. The molecule has 1 aromatic heterocycles. The molecular weight excluding hydrogens is 235 g/mol. The number of Topliss-reactive ketones (excluding diaryl/α,β-unsaturated/α-hetero) is 1. The highest BCUT2D eigenvalue weighted by Gasteiger charge is 2.62. The van der Waals surface area contributed by atoms with Crippen LogP contribution in [0.2, 0.25) is 0 Å². The lowest BCUT2D eigenvalue weighted by Gasteiger charge is -2.17. The van der Waals surface area contributed by atoms with Crippen LogP contribution in [0.25, 0.3) is 0 Å². The van der Waals surface area contributed by atoms with Crippen LogP contribution in [-0.4, -0.2) is 27.7 Å². The molecule has 1 rings (SSSR count). The van der Waals surface area contributed by atoms with Gasteiger partial charge in [-0.2, -0.15) is 27.1 Å². The highest BCUT2D eigenvalue weighted by Crippen LogP contribution is 2.36. The van der Waals surface area contributed by atoms with E-state index < -0.39 is 24.3 Å². The van der Waals surface area contributed by atoms with E-state index in [9.17, 15) is 26.7 Å². The molecule has 0 unspecified atom stereocenters. The fourth-order valence-corrected chi connectivity index (χ4v) is 1.02. The summed E-state index contributed by atoms with van der Waals surface area (Å²) in [5, 5.41) is 3.55. The number of nitrogens with zero attached hydrogens (tertiary/aromatic N) is 2. The monoisotopic (exact) mass is 242 g/mol. The molecule has 3 nitrogen and oxygen atoms in total. The first-order valence-electron chi connectivity index (χ1n) is 4.10. The molecular formula is C8H7F5N2O. The van der Waals surface area contributed by atoms with Gasteiger partial charge >= 0.3 is 12.1 Å². The summed E-state index contributed by atoms with van der Waals surface area (Å²) in [6.45, 7) is 0. The average Bonchev–Trinajstić information content (AvgIpc) is 2.49. The van der Waals surface area contributed by atoms with Gasteiger partial charge in [0.15, 0.2) is 0 Å². The maximum atomic E-state index is 12.5. The van der Waals surface area contributed by atoms with Gasteiger partial charge in [0.2, 0.25) is 5.78 Å². The molecule has 1 aromatic rings. The smallest absolute Gasteiger partial charge is 0.292 e. The molecule has 0 saturated heterocycles. The maximum absolute atomic E-state index is 12.5. The molecule has 0 aliphatic rings. The summed E-state index contributed by atoms with van der Waals surface area (Å²) in [6, 6.07) is 0. The molecule has 90 valence electrons. The van der Waals surface area contributed by atoms with Gasteiger partial charge in [-0.25, -0.2) is 0 Å². The van der Waals surface area contributed by atoms with E-state index in [0.29, 0.717) is 0 Å². The Labute approximate surface area is 86.9 Å². The van der Waals surface area contributed by atoms with E-state index >= 15 is 0 Å². The number of aryl methyl sites for hydroxylation is 1. The van der Waals surface area contributed by atoms with Crippen LogP contribution in [0.5, 0.6) is 0 Å². The van der Waals surface area contributed by atoms with Crippen molar-refractivity contribution >= 4 is 5.78 Å². The standard InChI is InChI=1S/C8H7F5N2O/c1-15-4-5(3-14-15)2-6(16)7(9,10)8(11,12)13/h3-4H,2H2,1H3. The topological polar surface area (TPSA) is 34.9 Å². The summed E-state index contributed by atoms with van der Waals surface area (Å²) < 4.78 is 61.6. The van der Waals surface area contributed by atoms with Crippen LogP contribution in [0, 0.1) is 0 Å². The first-order valence-corrected chi connectivity index (χ1v) is 4.10. The second-order valence-corrected chi connectivity index (χ2v) is 3.19. The van der Waals surface area contributed by atoms with Crippen molar-refractivity contribution in [2.75, 3.05) is 0 Å². The molecule has 8 heteroatoms. The van der Waals surface area contributed by atoms with Gasteiger partial charge in [-0.3, -0.25) is 9.48 Å². The first kappa shape index (κ1) is 12.6. The molecule has 0 aliphatic heterocycles. The second-order valence-electron chi connectivity index (χ2n) is 3.19. The summed E-state index contributed by atoms with van der Waals surface area (Å²) in [5.74, 6) is -7.50. The Bertz CT molecular complexity index is 395. The molecule has 0 aromatic carbocycles. The minimum Gasteiger partial charge on any atom is -0.292 e. The summed E-state index contributed by atoms with van der Waals surface area (Å²) >= 11 is 0. The molecule has 0 aliphatic carbocycles. The second kappa shape index (κ2) is 3.84. The SMILES string of the molecule is Cn1cc(CC(=O)C(F)(F)C(F)(F)F)cn1. The van der Waals surface area contributed by atoms with Gasteiger partial charge in [-0.1, -0.05) is 0 Å². The van der Waals surface area contributed by atoms with Crippen molar-refractivity contribution in [3.8, 4) is 0 Å². The van der Waals surface area contributed by atoms with E-state index in [2.05, 4.69) is 5.10 Å². The van der Waals surface area contributed by atoms with Crippen molar-refractivity contribution in [3.63, 3.8) is 0 Å². The zero-order valence-corrected chi connectivity index (χ0v) is 8.05. The quantitative estimate of drug-likeness (QED) is 0.756. The van der Waals surface area contributed by atoms with Crippen molar-refractivity contribution in [3.05, 3.63) is 18.0 Å². The predicted octanol–water partition coefficient (Wildman–Crippen LogP) is 1.73. The molecule has 0 fully saturated rings. The Hall–Kier alpha value is -1.47. The van der Waals surface area contributed by atoms with E-state index in [0.717, 1.165) is 6.20 Å². The molecule has 0 N–H and O–H groups in total. The molecule has 0 atom stereocenters. The molecule has 0 saturated carbocycles. The van der Waals surface area contributed by atoms with Gasteiger partial charge in [-0.15, -0.1) is 0 Å². The fraction of sp³-hybridized carbons (Fsp3) is 0.500. The normalized spacial score (nSPS) is 12.9. The third kappa shape index (κ3) is 2.37. The van der Waals surface area contributed by atoms with Crippen LogP contribution in [-0.2, 0) is 18.3 Å². The lowest BCUT2D eigenvalue weighted by Crippen LogP contribution is -2.44. The van der Waals surface area contributed by atoms with Crippen molar-refractivity contribution < 1.29 is 26.7 Å². The molecule has 0 bridgehead atoms. The Morgan fingerprint density at radius 1 is 1.38 bits per heavy atom. The molecule has 16 heavy (non-hydrogen) atoms. The zero-order chi connectivity index (χ0) is 12.6. The average molecular weight is 242 g/mol. The van der Waals surface area contributed by atoms with Gasteiger partial charge in [0.25, 0.3) is 0 Å². The number of aromatic nitrogens is 2. The third-order valence-corrected chi connectivity index (χ3v) is 1.83. The lowest BCUT2D eigenvalue weighted by atomic mass is 10.1. The number of hydrogen-bond acceptors (Lipinski definition) is 2. The Kier molecular flexibility index (Phi) is 3.02. The van der Waals surface area contributed by atoms with Crippen LogP contribution in [0.4, 0.5) is 22.0 Å². The number of alkyl halides is 5. The van der Waals surface area contributed by atoms with Crippen molar-refractivity contribution in [1.29, 1.82) is 0 Å². The van der Waals surface area contributed by atoms with Crippen LogP contribution < -0.4 is 0 Å². The van der Waals surface area contributed by atoms with E-state index in [4.69, 9.17) is 0 Å².